The molecule has 0 amide bonds. The SMILES string of the molecule is CCC1CCC(c2ccc(C3=CC(F)=C(F)C(F)C3)c(F)c2)CC1. The second-order valence-electron chi connectivity index (χ2n) is 6.90. The maximum atomic E-state index is 14.5. The largest absolute Gasteiger partial charge is 0.239 e. The number of alkyl halides is 1. The highest BCUT2D eigenvalue weighted by atomic mass is 19.2. The molecule has 0 radical (unpaired) electrons. The van der Waals surface area contributed by atoms with E-state index in [4.69, 9.17) is 0 Å². The van der Waals surface area contributed by atoms with Gasteiger partial charge in [0.25, 0.3) is 0 Å². The minimum atomic E-state index is -2.03. The molecule has 0 N–H and O–H groups in total. The Morgan fingerprint density at radius 1 is 1.04 bits per heavy atom. The van der Waals surface area contributed by atoms with Gasteiger partial charge in [0.05, 0.1) is 0 Å². The smallest absolute Gasteiger partial charge is 0.170 e. The molecule has 1 aromatic carbocycles. The van der Waals surface area contributed by atoms with E-state index < -0.39 is 23.6 Å². The van der Waals surface area contributed by atoms with Gasteiger partial charge in [-0.1, -0.05) is 25.5 Å². The molecular weight excluding hydrogens is 316 g/mol. The molecule has 2 aliphatic rings. The predicted octanol–water partition coefficient (Wildman–Crippen LogP) is 6.79. The van der Waals surface area contributed by atoms with Gasteiger partial charge in [-0.05, 0) is 60.8 Å². The Morgan fingerprint density at radius 2 is 1.75 bits per heavy atom. The van der Waals surface area contributed by atoms with Crippen LogP contribution in [0.5, 0.6) is 0 Å². The van der Waals surface area contributed by atoms with Crippen molar-refractivity contribution in [3.63, 3.8) is 0 Å². The zero-order valence-corrected chi connectivity index (χ0v) is 13.8. The number of halogens is 4. The van der Waals surface area contributed by atoms with Crippen LogP contribution in [0.3, 0.4) is 0 Å². The van der Waals surface area contributed by atoms with Gasteiger partial charge >= 0.3 is 0 Å². The fourth-order valence-corrected chi connectivity index (χ4v) is 3.85. The van der Waals surface area contributed by atoms with Gasteiger partial charge in [0.2, 0.25) is 0 Å². The van der Waals surface area contributed by atoms with Crippen molar-refractivity contribution in [1.29, 1.82) is 0 Å². The number of allylic oxidation sites excluding steroid dienone is 4. The third-order valence-corrected chi connectivity index (χ3v) is 5.44. The molecule has 1 fully saturated rings. The van der Waals surface area contributed by atoms with Crippen molar-refractivity contribution in [2.75, 3.05) is 0 Å². The van der Waals surface area contributed by atoms with Gasteiger partial charge in [0.15, 0.2) is 17.8 Å². The van der Waals surface area contributed by atoms with Crippen LogP contribution in [-0.2, 0) is 0 Å². The van der Waals surface area contributed by atoms with E-state index in [0.29, 0.717) is 5.92 Å². The molecule has 0 aromatic heterocycles. The number of hydrogen-bond donors (Lipinski definition) is 0. The molecule has 1 saturated carbocycles. The molecule has 0 nitrogen and oxygen atoms in total. The Bertz CT molecular complexity index is 666. The number of rotatable bonds is 3. The predicted molar refractivity (Wildman–Crippen MR) is 88.1 cm³/mol. The zero-order chi connectivity index (χ0) is 17.3. The van der Waals surface area contributed by atoms with E-state index in [1.807, 2.05) is 6.07 Å². The zero-order valence-electron chi connectivity index (χ0n) is 13.8. The lowest BCUT2D eigenvalue weighted by Gasteiger charge is -2.28. The molecule has 0 spiro atoms. The monoisotopic (exact) mass is 338 g/mol. The van der Waals surface area contributed by atoms with Crippen molar-refractivity contribution in [2.45, 2.75) is 57.5 Å². The van der Waals surface area contributed by atoms with Crippen molar-refractivity contribution < 1.29 is 17.6 Å². The topological polar surface area (TPSA) is 0 Å². The van der Waals surface area contributed by atoms with Crippen LogP contribution in [0, 0.1) is 11.7 Å². The Hall–Kier alpha value is -1.58. The standard InChI is InChI=1S/C20H22F4/c1-2-12-3-5-13(6-4-12)14-7-8-16(17(21)9-14)15-10-18(22)20(24)19(23)11-15/h7-10,12-13,19H,2-6,11H2,1H3. The first-order chi connectivity index (χ1) is 11.5. The van der Waals surface area contributed by atoms with Gasteiger partial charge in [-0.3, -0.25) is 0 Å². The Morgan fingerprint density at radius 3 is 2.33 bits per heavy atom. The molecule has 1 atom stereocenters. The minimum Gasteiger partial charge on any atom is -0.239 e. The highest BCUT2D eigenvalue weighted by molar-refractivity contribution is 5.70. The molecular formula is C20H22F4. The van der Waals surface area contributed by atoms with E-state index >= 15 is 0 Å². The lowest BCUT2D eigenvalue weighted by molar-refractivity contribution is 0.314. The van der Waals surface area contributed by atoms with E-state index in [1.165, 1.54) is 12.5 Å². The lowest BCUT2D eigenvalue weighted by Crippen LogP contribution is -2.13. The van der Waals surface area contributed by atoms with Crippen LogP contribution in [0.25, 0.3) is 5.57 Å². The molecule has 2 aliphatic carbocycles. The van der Waals surface area contributed by atoms with Crippen molar-refractivity contribution in [3.8, 4) is 0 Å². The summed E-state index contributed by atoms with van der Waals surface area (Å²) in [6, 6.07) is 4.90. The summed E-state index contributed by atoms with van der Waals surface area (Å²) in [6.07, 6.45) is 4.14. The molecule has 130 valence electrons. The molecule has 3 rings (SSSR count). The molecule has 0 aliphatic heterocycles. The Labute approximate surface area is 140 Å². The van der Waals surface area contributed by atoms with Crippen molar-refractivity contribution in [2.24, 2.45) is 5.92 Å². The maximum absolute atomic E-state index is 14.5. The molecule has 1 unspecified atom stereocenters. The minimum absolute atomic E-state index is 0.159. The molecule has 4 heteroatoms. The highest BCUT2D eigenvalue weighted by Crippen LogP contribution is 2.39. The first-order valence-corrected chi connectivity index (χ1v) is 8.69. The van der Waals surface area contributed by atoms with Crippen molar-refractivity contribution in [3.05, 3.63) is 52.9 Å². The average Bonchev–Trinajstić information content (AvgIpc) is 2.59. The fourth-order valence-electron chi connectivity index (χ4n) is 3.85. The van der Waals surface area contributed by atoms with Gasteiger partial charge < -0.3 is 0 Å². The molecule has 0 bridgehead atoms. The summed E-state index contributed by atoms with van der Waals surface area (Å²) >= 11 is 0. The molecule has 0 saturated heterocycles. The Kier molecular flexibility index (Phi) is 5.12. The molecule has 1 aromatic rings. The first-order valence-electron chi connectivity index (χ1n) is 8.69. The van der Waals surface area contributed by atoms with Crippen LogP contribution in [0.2, 0.25) is 0 Å². The van der Waals surface area contributed by atoms with Crippen LogP contribution >= 0.6 is 0 Å². The van der Waals surface area contributed by atoms with Gasteiger partial charge in [-0.25, -0.2) is 17.6 Å². The van der Waals surface area contributed by atoms with Gasteiger partial charge in [-0.2, -0.15) is 0 Å². The normalized spacial score (nSPS) is 28.0. The second-order valence-corrected chi connectivity index (χ2v) is 6.90. The van der Waals surface area contributed by atoms with Crippen molar-refractivity contribution >= 4 is 5.57 Å². The number of hydrogen-bond acceptors (Lipinski definition) is 0. The summed E-state index contributed by atoms with van der Waals surface area (Å²) in [6.45, 7) is 2.20. The summed E-state index contributed by atoms with van der Waals surface area (Å²) in [5, 5.41) is 0. The first kappa shape index (κ1) is 17.2. The summed E-state index contributed by atoms with van der Waals surface area (Å²) in [5.41, 5.74) is 1.27. The average molecular weight is 338 g/mol. The van der Waals surface area contributed by atoms with E-state index in [1.54, 1.807) is 6.07 Å². The van der Waals surface area contributed by atoms with Crippen molar-refractivity contribution in [1.82, 2.24) is 0 Å². The van der Waals surface area contributed by atoms with Crippen LogP contribution in [0.4, 0.5) is 17.6 Å². The van der Waals surface area contributed by atoms with Gasteiger partial charge in [-0.15, -0.1) is 0 Å². The van der Waals surface area contributed by atoms with Crippen LogP contribution < -0.4 is 0 Å². The maximum Gasteiger partial charge on any atom is 0.170 e. The highest BCUT2D eigenvalue weighted by Gasteiger charge is 2.27. The summed E-state index contributed by atoms with van der Waals surface area (Å²) < 4.78 is 54.5. The van der Waals surface area contributed by atoms with E-state index in [0.717, 1.165) is 43.2 Å². The second kappa shape index (κ2) is 7.12. The van der Waals surface area contributed by atoms with Crippen LogP contribution in [0.15, 0.2) is 35.9 Å². The summed E-state index contributed by atoms with van der Waals surface area (Å²) in [4.78, 5) is 0. The fraction of sp³-hybridized carbons (Fsp3) is 0.500. The third kappa shape index (κ3) is 3.42. The summed E-state index contributed by atoms with van der Waals surface area (Å²) in [5.74, 6) is -2.02. The lowest BCUT2D eigenvalue weighted by atomic mass is 9.77. The van der Waals surface area contributed by atoms with E-state index in [2.05, 4.69) is 6.92 Å². The molecule has 24 heavy (non-hydrogen) atoms. The molecule has 0 heterocycles. The quantitative estimate of drug-likeness (QED) is 0.533. The van der Waals surface area contributed by atoms with E-state index in [-0.39, 0.29) is 17.6 Å². The van der Waals surface area contributed by atoms with Crippen LogP contribution in [0.1, 0.15) is 62.5 Å². The Balaban J connectivity index is 1.80. The van der Waals surface area contributed by atoms with Gasteiger partial charge in [0.1, 0.15) is 5.82 Å². The van der Waals surface area contributed by atoms with Crippen LogP contribution in [-0.4, -0.2) is 6.17 Å². The summed E-state index contributed by atoms with van der Waals surface area (Å²) in [7, 11) is 0. The van der Waals surface area contributed by atoms with Gasteiger partial charge in [0, 0.05) is 12.0 Å². The number of benzene rings is 1. The van der Waals surface area contributed by atoms with E-state index in [9.17, 15) is 17.6 Å². The third-order valence-electron chi connectivity index (χ3n) is 5.44.